The van der Waals surface area contributed by atoms with Gasteiger partial charge >= 0.3 is 0 Å². The highest BCUT2D eigenvalue weighted by Gasteiger charge is 2.52. The van der Waals surface area contributed by atoms with Crippen LogP contribution in [0.1, 0.15) is 52.4 Å². The number of hydrogen-bond donors (Lipinski definition) is 1. The molecule has 2 aliphatic heterocycles. The Morgan fingerprint density at radius 2 is 1.95 bits per heavy atom. The van der Waals surface area contributed by atoms with E-state index in [9.17, 15) is 0 Å². The predicted octanol–water partition coefficient (Wildman–Crippen LogP) is 2.74. The number of hydrogen-bond acceptors (Lipinski definition) is 3. The van der Waals surface area contributed by atoms with Gasteiger partial charge in [-0.05, 0) is 65.3 Å². The number of ether oxygens (including phenoxy) is 2. The maximum atomic E-state index is 6.25. The van der Waals surface area contributed by atoms with Crippen molar-refractivity contribution in [2.75, 3.05) is 20.2 Å². The third-order valence-corrected chi connectivity index (χ3v) is 5.27. The molecule has 1 saturated carbocycles. The fraction of sp³-hybridized carbons (Fsp3) is 1.00. The van der Waals surface area contributed by atoms with Gasteiger partial charge in [0.15, 0.2) is 0 Å². The van der Waals surface area contributed by atoms with Crippen molar-refractivity contribution >= 4 is 0 Å². The average molecular weight is 267 g/mol. The molecule has 0 bridgehead atoms. The zero-order valence-corrected chi connectivity index (χ0v) is 12.7. The van der Waals surface area contributed by atoms with E-state index in [1.165, 1.54) is 38.5 Å². The van der Waals surface area contributed by atoms with Crippen LogP contribution < -0.4 is 5.32 Å². The van der Waals surface area contributed by atoms with Gasteiger partial charge in [0.1, 0.15) is 0 Å². The molecule has 3 atom stereocenters. The lowest BCUT2D eigenvalue weighted by Crippen LogP contribution is -2.43. The first-order valence-electron chi connectivity index (χ1n) is 7.99. The van der Waals surface area contributed by atoms with Crippen molar-refractivity contribution in [3.63, 3.8) is 0 Å². The van der Waals surface area contributed by atoms with Gasteiger partial charge in [0.05, 0.1) is 17.8 Å². The quantitative estimate of drug-likeness (QED) is 0.831. The van der Waals surface area contributed by atoms with Gasteiger partial charge < -0.3 is 14.8 Å². The van der Waals surface area contributed by atoms with Gasteiger partial charge in [-0.15, -0.1) is 0 Å². The van der Waals surface area contributed by atoms with Gasteiger partial charge in [0, 0.05) is 18.6 Å². The monoisotopic (exact) mass is 267 g/mol. The zero-order valence-electron chi connectivity index (χ0n) is 12.7. The molecule has 2 saturated heterocycles. The van der Waals surface area contributed by atoms with Crippen LogP contribution in [0.3, 0.4) is 0 Å². The Hall–Kier alpha value is -0.120. The second kappa shape index (κ2) is 5.01. The molecule has 0 aromatic rings. The van der Waals surface area contributed by atoms with E-state index < -0.39 is 0 Å². The molecule has 0 amide bonds. The van der Waals surface area contributed by atoms with E-state index in [1.54, 1.807) is 0 Å². The average Bonchev–Trinajstić information content (AvgIpc) is 3.01. The van der Waals surface area contributed by atoms with Gasteiger partial charge in [-0.3, -0.25) is 0 Å². The molecule has 3 nitrogen and oxygen atoms in total. The van der Waals surface area contributed by atoms with Crippen LogP contribution >= 0.6 is 0 Å². The molecule has 0 radical (unpaired) electrons. The van der Waals surface area contributed by atoms with Crippen LogP contribution in [0.4, 0.5) is 0 Å². The Morgan fingerprint density at radius 3 is 2.53 bits per heavy atom. The normalized spacial score (nSPS) is 41.8. The second-order valence-electron chi connectivity index (χ2n) is 7.51. The Morgan fingerprint density at radius 1 is 1.16 bits per heavy atom. The van der Waals surface area contributed by atoms with Gasteiger partial charge in [-0.25, -0.2) is 0 Å². The maximum Gasteiger partial charge on any atom is 0.0673 e. The summed E-state index contributed by atoms with van der Waals surface area (Å²) in [5.74, 6) is 0.824. The maximum absolute atomic E-state index is 6.25. The minimum absolute atomic E-state index is 0.0834. The highest BCUT2D eigenvalue weighted by Crippen LogP contribution is 2.51. The summed E-state index contributed by atoms with van der Waals surface area (Å²) in [7, 11) is 2.07. The first-order chi connectivity index (χ1) is 9.05. The molecule has 1 aliphatic carbocycles. The molecule has 1 N–H and O–H groups in total. The van der Waals surface area contributed by atoms with Crippen LogP contribution in [0.2, 0.25) is 0 Å². The Labute approximate surface area is 117 Å². The third kappa shape index (κ3) is 2.84. The summed E-state index contributed by atoms with van der Waals surface area (Å²) < 4.78 is 12.4. The SMILES string of the molecule is CNCC1(CC2CCC(C)(C)O2)CCOC1C1CC1. The van der Waals surface area contributed by atoms with Gasteiger partial charge in [0.25, 0.3) is 0 Å². The summed E-state index contributed by atoms with van der Waals surface area (Å²) in [6, 6.07) is 0. The number of rotatable bonds is 5. The van der Waals surface area contributed by atoms with Gasteiger partial charge in [-0.2, -0.15) is 0 Å². The number of nitrogens with one attached hydrogen (secondary N) is 1. The smallest absolute Gasteiger partial charge is 0.0673 e. The van der Waals surface area contributed by atoms with Crippen molar-refractivity contribution in [1.29, 1.82) is 0 Å². The summed E-state index contributed by atoms with van der Waals surface area (Å²) >= 11 is 0. The summed E-state index contributed by atoms with van der Waals surface area (Å²) in [6.45, 7) is 6.47. The zero-order chi connectivity index (χ0) is 13.5. The summed E-state index contributed by atoms with van der Waals surface area (Å²) in [5.41, 5.74) is 0.404. The minimum Gasteiger partial charge on any atom is -0.377 e. The van der Waals surface area contributed by atoms with Gasteiger partial charge in [-0.1, -0.05) is 0 Å². The third-order valence-electron chi connectivity index (χ3n) is 5.27. The van der Waals surface area contributed by atoms with E-state index in [0.29, 0.717) is 17.6 Å². The highest BCUT2D eigenvalue weighted by atomic mass is 16.5. The molecule has 0 aromatic carbocycles. The summed E-state index contributed by atoms with van der Waals surface area (Å²) in [4.78, 5) is 0. The fourth-order valence-corrected chi connectivity index (χ4v) is 4.25. The molecule has 110 valence electrons. The second-order valence-corrected chi connectivity index (χ2v) is 7.51. The van der Waals surface area contributed by atoms with Crippen LogP contribution in [-0.4, -0.2) is 38.0 Å². The van der Waals surface area contributed by atoms with E-state index in [1.807, 2.05) is 0 Å². The first-order valence-corrected chi connectivity index (χ1v) is 7.99. The molecule has 3 heteroatoms. The molecule has 19 heavy (non-hydrogen) atoms. The molecular weight excluding hydrogens is 238 g/mol. The van der Waals surface area contributed by atoms with Crippen LogP contribution in [0.25, 0.3) is 0 Å². The fourth-order valence-electron chi connectivity index (χ4n) is 4.25. The van der Waals surface area contributed by atoms with E-state index in [0.717, 1.165) is 19.1 Å². The lowest BCUT2D eigenvalue weighted by atomic mass is 9.74. The van der Waals surface area contributed by atoms with E-state index >= 15 is 0 Å². The first kappa shape index (κ1) is 13.8. The molecule has 0 spiro atoms. The molecule has 3 aliphatic rings. The Kier molecular flexibility index (Phi) is 3.65. The molecular formula is C16H29NO2. The van der Waals surface area contributed by atoms with Crippen LogP contribution in [0, 0.1) is 11.3 Å². The van der Waals surface area contributed by atoms with E-state index in [4.69, 9.17) is 9.47 Å². The van der Waals surface area contributed by atoms with Crippen LogP contribution in [-0.2, 0) is 9.47 Å². The largest absolute Gasteiger partial charge is 0.377 e. The predicted molar refractivity (Wildman–Crippen MR) is 76.2 cm³/mol. The molecule has 3 unspecified atom stereocenters. The lowest BCUT2D eigenvalue weighted by molar-refractivity contribution is -0.0522. The van der Waals surface area contributed by atoms with E-state index in [-0.39, 0.29) is 5.60 Å². The van der Waals surface area contributed by atoms with Crippen molar-refractivity contribution in [2.24, 2.45) is 11.3 Å². The van der Waals surface area contributed by atoms with Crippen molar-refractivity contribution < 1.29 is 9.47 Å². The van der Waals surface area contributed by atoms with Crippen LogP contribution in [0.5, 0.6) is 0 Å². The summed E-state index contributed by atoms with van der Waals surface area (Å²) in [6.07, 6.45) is 8.45. The minimum atomic E-state index is 0.0834. The van der Waals surface area contributed by atoms with Crippen molar-refractivity contribution in [3.8, 4) is 0 Å². The Bertz CT molecular complexity index is 327. The summed E-state index contributed by atoms with van der Waals surface area (Å²) in [5, 5.41) is 3.42. The van der Waals surface area contributed by atoms with Crippen molar-refractivity contribution in [3.05, 3.63) is 0 Å². The van der Waals surface area contributed by atoms with E-state index in [2.05, 4.69) is 26.2 Å². The van der Waals surface area contributed by atoms with Crippen molar-refractivity contribution in [2.45, 2.75) is 70.2 Å². The molecule has 3 rings (SSSR count). The molecule has 3 fully saturated rings. The van der Waals surface area contributed by atoms with Crippen LogP contribution in [0.15, 0.2) is 0 Å². The molecule has 2 heterocycles. The standard InChI is InChI=1S/C16H29NO2/c1-15(2)7-6-13(19-15)10-16(11-17-3)8-9-18-14(16)12-4-5-12/h12-14,17H,4-11H2,1-3H3. The topological polar surface area (TPSA) is 30.5 Å². The lowest BCUT2D eigenvalue weighted by Gasteiger charge is -2.36. The Balaban J connectivity index is 1.69. The van der Waals surface area contributed by atoms with Gasteiger partial charge in [0.2, 0.25) is 0 Å². The van der Waals surface area contributed by atoms with Crippen molar-refractivity contribution in [1.82, 2.24) is 5.32 Å². The molecule has 0 aromatic heterocycles. The highest BCUT2D eigenvalue weighted by molar-refractivity contribution is 5.02.